The van der Waals surface area contributed by atoms with Crippen molar-refractivity contribution in [3.8, 4) is 28.6 Å². The second-order valence-corrected chi connectivity index (χ2v) is 6.71. The maximum absolute atomic E-state index is 12.3. The summed E-state index contributed by atoms with van der Waals surface area (Å²) in [4.78, 5) is 16.1. The Hall–Kier alpha value is -4.46. The summed E-state index contributed by atoms with van der Waals surface area (Å²) in [6.45, 7) is -1.42. The van der Waals surface area contributed by atoms with Gasteiger partial charge in [0.2, 0.25) is 0 Å². The number of halogens is 3. The van der Waals surface area contributed by atoms with Gasteiger partial charge in [0.1, 0.15) is 18.3 Å². The average molecular weight is 437 g/mol. The summed E-state index contributed by atoms with van der Waals surface area (Å²) >= 11 is 0. The molecule has 1 aromatic carbocycles. The van der Waals surface area contributed by atoms with Crippen LogP contribution in [0.3, 0.4) is 0 Å². The highest BCUT2D eigenvalue weighted by molar-refractivity contribution is 5.90. The third-order valence-electron chi connectivity index (χ3n) is 4.45. The minimum atomic E-state index is -4.49. The first kappa shape index (κ1) is 20.8. The molecule has 0 spiro atoms. The lowest BCUT2D eigenvalue weighted by molar-refractivity contribution is -0.122. The molecule has 11 heteroatoms. The van der Waals surface area contributed by atoms with Crippen molar-refractivity contribution in [2.45, 2.75) is 6.18 Å². The molecule has 3 aromatic heterocycles. The third kappa shape index (κ3) is 4.65. The Morgan fingerprint density at radius 3 is 2.66 bits per heavy atom. The Bertz CT molecular complexity index is 1320. The first-order valence-electron chi connectivity index (χ1n) is 9.26. The van der Waals surface area contributed by atoms with Gasteiger partial charge >= 0.3 is 12.2 Å². The molecule has 0 fully saturated rings. The van der Waals surface area contributed by atoms with Gasteiger partial charge in [0, 0.05) is 23.0 Å². The van der Waals surface area contributed by atoms with Gasteiger partial charge in [-0.3, -0.25) is 4.40 Å². The lowest BCUT2D eigenvalue weighted by Gasteiger charge is -2.11. The summed E-state index contributed by atoms with van der Waals surface area (Å²) < 4.78 is 38.6. The van der Waals surface area contributed by atoms with Gasteiger partial charge in [0.25, 0.3) is 0 Å². The van der Waals surface area contributed by atoms with E-state index in [0.29, 0.717) is 22.6 Å². The van der Waals surface area contributed by atoms with Crippen LogP contribution in [0.2, 0.25) is 0 Å². The standard InChI is InChI=1S/C21H14F3N7O/c22-21(23,24)12-27-20(32)28-15-3-1-2-14(8-15)18-11-26-19-9-13(6-7-31(18)19)17-5-4-16(10-25)29-30-17/h1-9,11H,12H2,(H2,27,28,32). The number of pyridine rings is 1. The van der Waals surface area contributed by atoms with Gasteiger partial charge < -0.3 is 10.6 Å². The number of hydrogen-bond donors (Lipinski definition) is 2. The molecule has 0 aliphatic rings. The van der Waals surface area contributed by atoms with E-state index in [1.165, 1.54) is 0 Å². The maximum Gasteiger partial charge on any atom is 0.405 e. The van der Waals surface area contributed by atoms with E-state index >= 15 is 0 Å². The molecule has 0 saturated heterocycles. The van der Waals surface area contributed by atoms with Crippen LogP contribution in [0.1, 0.15) is 5.69 Å². The van der Waals surface area contributed by atoms with Gasteiger partial charge in [-0.15, -0.1) is 10.2 Å². The summed E-state index contributed by atoms with van der Waals surface area (Å²) in [6, 6.07) is 14.5. The smallest absolute Gasteiger partial charge is 0.329 e. The van der Waals surface area contributed by atoms with E-state index in [1.54, 1.807) is 54.1 Å². The fourth-order valence-electron chi connectivity index (χ4n) is 3.01. The highest BCUT2D eigenvalue weighted by Crippen LogP contribution is 2.26. The van der Waals surface area contributed by atoms with Gasteiger partial charge in [-0.05, 0) is 36.4 Å². The second kappa shape index (κ2) is 8.35. The number of nitrogens with one attached hydrogen (secondary N) is 2. The first-order valence-corrected chi connectivity index (χ1v) is 9.26. The zero-order valence-corrected chi connectivity index (χ0v) is 16.3. The molecule has 0 saturated carbocycles. The van der Waals surface area contributed by atoms with Crippen LogP contribution in [0.25, 0.3) is 28.2 Å². The van der Waals surface area contributed by atoms with E-state index in [9.17, 15) is 18.0 Å². The number of benzene rings is 1. The molecule has 0 aliphatic heterocycles. The van der Waals surface area contributed by atoms with Crippen molar-refractivity contribution >= 4 is 17.4 Å². The molecule has 4 rings (SSSR count). The van der Waals surface area contributed by atoms with Crippen molar-refractivity contribution < 1.29 is 18.0 Å². The van der Waals surface area contributed by atoms with Crippen molar-refractivity contribution in [1.82, 2.24) is 24.9 Å². The highest BCUT2D eigenvalue weighted by atomic mass is 19.4. The van der Waals surface area contributed by atoms with Gasteiger partial charge in [0.05, 0.1) is 17.6 Å². The average Bonchev–Trinajstić information content (AvgIpc) is 3.21. The maximum atomic E-state index is 12.3. The van der Waals surface area contributed by atoms with Crippen LogP contribution < -0.4 is 10.6 Å². The van der Waals surface area contributed by atoms with Crippen LogP contribution in [0, 0.1) is 11.3 Å². The van der Waals surface area contributed by atoms with E-state index in [4.69, 9.17) is 5.26 Å². The predicted octanol–water partition coefficient (Wildman–Crippen LogP) is 4.01. The summed E-state index contributed by atoms with van der Waals surface area (Å²) in [5.41, 5.74) is 3.97. The molecule has 160 valence electrons. The van der Waals surface area contributed by atoms with E-state index in [1.807, 2.05) is 22.6 Å². The topological polar surface area (TPSA) is 108 Å². The fourth-order valence-corrected chi connectivity index (χ4v) is 3.01. The predicted molar refractivity (Wildman–Crippen MR) is 109 cm³/mol. The zero-order valence-electron chi connectivity index (χ0n) is 16.3. The number of anilines is 1. The molecule has 2 amide bonds. The molecule has 4 aromatic rings. The number of urea groups is 1. The summed E-state index contributed by atoms with van der Waals surface area (Å²) in [5, 5.41) is 20.9. The Morgan fingerprint density at radius 1 is 1.09 bits per heavy atom. The highest BCUT2D eigenvalue weighted by Gasteiger charge is 2.27. The molecule has 0 aliphatic carbocycles. The van der Waals surface area contributed by atoms with Crippen molar-refractivity contribution in [2.24, 2.45) is 0 Å². The van der Waals surface area contributed by atoms with Crippen LogP contribution in [0.5, 0.6) is 0 Å². The van der Waals surface area contributed by atoms with Gasteiger partial charge in [-0.2, -0.15) is 18.4 Å². The molecule has 2 N–H and O–H groups in total. The normalized spacial score (nSPS) is 11.2. The number of aromatic nitrogens is 4. The largest absolute Gasteiger partial charge is 0.405 e. The number of fused-ring (bicyclic) bond motifs is 1. The van der Waals surface area contributed by atoms with Crippen molar-refractivity contribution in [3.05, 3.63) is 66.6 Å². The van der Waals surface area contributed by atoms with E-state index in [0.717, 1.165) is 11.3 Å². The Kier molecular flexibility index (Phi) is 5.43. The molecule has 0 unspecified atom stereocenters. The van der Waals surface area contributed by atoms with Gasteiger partial charge in [0.15, 0.2) is 5.69 Å². The van der Waals surface area contributed by atoms with Crippen LogP contribution in [0.4, 0.5) is 23.7 Å². The minimum absolute atomic E-state index is 0.221. The second-order valence-electron chi connectivity index (χ2n) is 6.71. The number of nitrogens with zero attached hydrogens (tertiary/aromatic N) is 5. The summed E-state index contributed by atoms with van der Waals surface area (Å²) in [7, 11) is 0. The van der Waals surface area contributed by atoms with E-state index < -0.39 is 18.8 Å². The Labute approximate surface area is 179 Å². The first-order chi connectivity index (χ1) is 15.3. The number of carbonyl (C=O) groups is 1. The molecule has 0 radical (unpaired) electrons. The van der Waals surface area contributed by atoms with Crippen molar-refractivity contribution in [1.29, 1.82) is 5.26 Å². The number of alkyl halides is 3. The Balaban J connectivity index is 1.57. The summed E-state index contributed by atoms with van der Waals surface area (Å²) in [5.74, 6) is 0. The number of imidazole rings is 1. The number of amides is 2. The number of carbonyl (C=O) groups excluding carboxylic acids is 1. The molecule has 0 bridgehead atoms. The van der Waals surface area contributed by atoms with Gasteiger partial charge in [-0.1, -0.05) is 12.1 Å². The molecular formula is C21H14F3N7O. The van der Waals surface area contributed by atoms with Crippen LogP contribution in [0.15, 0.2) is 60.9 Å². The fraction of sp³-hybridized carbons (Fsp3) is 0.0952. The number of hydrogen-bond acceptors (Lipinski definition) is 5. The van der Waals surface area contributed by atoms with E-state index in [-0.39, 0.29) is 5.69 Å². The zero-order chi connectivity index (χ0) is 22.7. The number of rotatable bonds is 4. The van der Waals surface area contributed by atoms with Crippen LogP contribution in [-0.2, 0) is 0 Å². The molecule has 32 heavy (non-hydrogen) atoms. The van der Waals surface area contributed by atoms with Gasteiger partial charge in [-0.25, -0.2) is 9.78 Å². The number of nitriles is 1. The molecule has 0 atom stereocenters. The lowest BCUT2D eigenvalue weighted by Crippen LogP contribution is -2.36. The Morgan fingerprint density at radius 2 is 1.94 bits per heavy atom. The van der Waals surface area contributed by atoms with Crippen LogP contribution in [-0.4, -0.2) is 38.3 Å². The van der Waals surface area contributed by atoms with E-state index in [2.05, 4.69) is 20.5 Å². The van der Waals surface area contributed by atoms with Crippen molar-refractivity contribution in [3.63, 3.8) is 0 Å². The van der Waals surface area contributed by atoms with Crippen molar-refractivity contribution in [2.75, 3.05) is 11.9 Å². The minimum Gasteiger partial charge on any atom is -0.329 e. The monoisotopic (exact) mass is 437 g/mol. The quantitative estimate of drug-likeness (QED) is 0.502. The molecule has 3 heterocycles. The molecule has 8 nitrogen and oxygen atoms in total. The SMILES string of the molecule is N#Cc1ccc(-c2ccn3c(-c4cccc(NC(=O)NCC(F)(F)F)c4)cnc3c2)nn1. The molecular weight excluding hydrogens is 423 g/mol. The van der Waals surface area contributed by atoms with Crippen LogP contribution >= 0.6 is 0 Å². The summed E-state index contributed by atoms with van der Waals surface area (Å²) in [6.07, 6.45) is -1.05. The third-order valence-corrected chi connectivity index (χ3v) is 4.45. The lowest BCUT2D eigenvalue weighted by atomic mass is 10.1.